The van der Waals surface area contributed by atoms with Crippen LogP contribution in [-0.4, -0.2) is 24.8 Å². The quantitative estimate of drug-likeness (QED) is 0.537. The van der Waals surface area contributed by atoms with Gasteiger partial charge in [-0.3, -0.25) is 4.98 Å². The zero-order valence-corrected chi connectivity index (χ0v) is 12.8. The van der Waals surface area contributed by atoms with Crippen molar-refractivity contribution in [2.75, 3.05) is 19.8 Å². The first-order valence-electron chi connectivity index (χ1n) is 7.81. The molecule has 0 bridgehead atoms. The Bertz CT molecular complexity index is 342. The van der Waals surface area contributed by atoms with Crippen molar-refractivity contribution >= 4 is 0 Å². The normalized spacial score (nSPS) is 10.7. The molecule has 1 heterocycles. The van der Waals surface area contributed by atoms with E-state index in [1.165, 1.54) is 6.42 Å². The lowest BCUT2D eigenvalue weighted by Gasteiger charge is -2.08. The van der Waals surface area contributed by atoms with Crippen molar-refractivity contribution < 1.29 is 9.47 Å². The van der Waals surface area contributed by atoms with E-state index in [2.05, 4.69) is 18.8 Å². The van der Waals surface area contributed by atoms with E-state index in [-0.39, 0.29) is 0 Å². The third kappa shape index (κ3) is 8.16. The van der Waals surface area contributed by atoms with Gasteiger partial charge in [-0.2, -0.15) is 0 Å². The van der Waals surface area contributed by atoms with Crippen LogP contribution in [0, 0.1) is 6.92 Å². The number of nitrogens with zero attached hydrogens (tertiary/aromatic N) is 1. The first-order chi connectivity index (χ1) is 9.86. The SMILES string of the molecule is [CH2]CCCc1cc(OCCCCOCCCC)ccn1. The topological polar surface area (TPSA) is 31.4 Å². The van der Waals surface area contributed by atoms with Crippen molar-refractivity contribution in [2.45, 2.75) is 51.9 Å². The molecule has 1 aromatic rings. The largest absolute Gasteiger partial charge is 0.493 e. The number of hydrogen-bond acceptors (Lipinski definition) is 3. The fourth-order valence-corrected chi connectivity index (χ4v) is 1.83. The summed E-state index contributed by atoms with van der Waals surface area (Å²) in [6.07, 6.45) is 9.26. The summed E-state index contributed by atoms with van der Waals surface area (Å²) in [5.41, 5.74) is 1.09. The van der Waals surface area contributed by atoms with E-state index in [4.69, 9.17) is 9.47 Å². The summed E-state index contributed by atoms with van der Waals surface area (Å²) in [6, 6.07) is 3.96. The second kappa shape index (κ2) is 11.7. The molecule has 0 atom stereocenters. The average molecular weight is 278 g/mol. The number of rotatable bonds is 12. The Kier molecular flexibility index (Phi) is 9.93. The van der Waals surface area contributed by atoms with Gasteiger partial charge in [0.2, 0.25) is 0 Å². The summed E-state index contributed by atoms with van der Waals surface area (Å²) < 4.78 is 11.3. The molecule has 1 rings (SSSR count). The van der Waals surface area contributed by atoms with Crippen LogP contribution in [0.5, 0.6) is 5.75 Å². The molecule has 0 saturated heterocycles. The third-order valence-electron chi connectivity index (χ3n) is 3.06. The molecule has 1 radical (unpaired) electrons. The minimum Gasteiger partial charge on any atom is -0.493 e. The Morgan fingerprint density at radius 3 is 2.70 bits per heavy atom. The third-order valence-corrected chi connectivity index (χ3v) is 3.06. The second-order valence-corrected chi connectivity index (χ2v) is 4.96. The summed E-state index contributed by atoms with van der Waals surface area (Å²) in [5, 5.41) is 0. The van der Waals surface area contributed by atoms with Gasteiger partial charge in [-0.1, -0.05) is 26.7 Å². The number of unbranched alkanes of at least 4 members (excludes halogenated alkanes) is 3. The van der Waals surface area contributed by atoms with Crippen molar-refractivity contribution in [3.63, 3.8) is 0 Å². The highest BCUT2D eigenvalue weighted by atomic mass is 16.5. The molecule has 0 spiro atoms. The van der Waals surface area contributed by atoms with Gasteiger partial charge in [-0.15, -0.1) is 0 Å². The zero-order valence-electron chi connectivity index (χ0n) is 12.8. The van der Waals surface area contributed by atoms with Crippen molar-refractivity contribution in [3.8, 4) is 5.75 Å². The molecule has 0 aliphatic carbocycles. The Morgan fingerprint density at radius 1 is 1.10 bits per heavy atom. The highest BCUT2D eigenvalue weighted by Crippen LogP contribution is 2.13. The lowest BCUT2D eigenvalue weighted by Crippen LogP contribution is -2.02. The fraction of sp³-hybridized carbons (Fsp3) is 0.647. The standard InChI is InChI=1S/C17H28NO2/c1-3-5-9-16-15-17(10-11-18-16)20-14-8-7-13-19-12-6-4-2/h10-11,15H,1,3-9,12-14H2,2H3. The van der Waals surface area contributed by atoms with Crippen molar-refractivity contribution in [1.82, 2.24) is 4.98 Å². The van der Waals surface area contributed by atoms with E-state index >= 15 is 0 Å². The van der Waals surface area contributed by atoms with E-state index in [0.29, 0.717) is 0 Å². The molecule has 0 fully saturated rings. The van der Waals surface area contributed by atoms with Gasteiger partial charge in [0.25, 0.3) is 0 Å². The number of aryl methyl sites for hydroxylation is 1. The van der Waals surface area contributed by atoms with E-state index in [9.17, 15) is 0 Å². The molecule has 0 aromatic carbocycles. The second-order valence-electron chi connectivity index (χ2n) is 4.96. The molecule has 3 nitrogen and oxygen atoms in total. The first kappa shape index (κ1) is 17.0. The van der Waals surface area contributed by atoms with Gasteiger partial charge in [0, 0.05) is 31.2 Å². The lowest BCUT2D eigenvalue weighted by atomic mass is 10.2. The summed E-state index contributed by atoms with van der Waals surface area (Å²) in [6.45, 7) is 8.50. The average Bonchev–Trinajstić information content (AvgIpc) is 2.48. The van der Waals surface area contributed by atoms with Gasteiger partial charge >= 0.3 is 0 Å². The van der Waals surface area contributed by atoms with E-state index in [1.807, 2.05) is 18.3 Å². The van der Waals surface area contributed by atoms with Crippen LogP contribution >= 0.6 is 0 Å². The van der Waals surface area contributed by atoms with Crippen LogP contribution in [0.2, 0.25) is 0 Å². The molecule has 0 saturated carbocycles. The van der Waals surface area contributed by atoms with Crippen molar-refractivity contribution in [3.05, 3.63) is 30.9 Å². The van der Waals surface area contributed by atoms with Gasteiger partial charge < -0.3 is 9.47 Å². The predicted octanol–water partition coefficient (Wildman–Crippen LogP) is 4.21. The van der Waals surface area contributed by atoms with E-state index < -0.39 is 0 Å². The fourth-order valence-electron chi connectivity index (χ4n) is 1.83. The molecular weight excluding hydrogens is 250 g/mol. The summed E-state index contributed by atoms with van der Waals surface area (Å²) in [7, 11) is 0. The maximum atomic E-state index is 5.74. The minimum atomic E-state index is 0.746. The number of pyridine rings is 1. The Hall–Kier alpha value is -1.09. The molecule has 113 valence electrons. The molecule has 0 N–H and O–H groups in total. The smallest absolute Gasteiger partial charge is 0.122 e. The molecule has 1 aromatic heterocycles. The van der Waals surface area contributed by atoms with Crippen LogP contribution in [0.4, 0.5) is 0 Å². The van der Waals surface area contributed by atoms with Crippen LogP contribution < -0.4 is 4.74 Å². The number of hydrogen-bond donors (Lipinski definition) is 0. The number of ether oxygens (including phenoxy) is 2. The van der Waals surface area contributed by atoms with Gasteiger partial charge in [0.1, 0.15) is 5.75 Å². The highest BCUT2D eigenvalue weighted by Gasteiger charge is 1.98. The highest BCUT2D eigenvalue weighted by molar-refractivity contribution is 5.22. The molecule has 0 aliphatic rings. The van der Waals surface area contributed by atoms with Crippen LogP contribution in [0.25, 0.3) is 0 Å². The molecule has 20 heavy (non-hydrogen) atoms. The molecule has 0 unspecified atom stereocenters. The maximum absolute atomic E-state index is 5.74. The first-order valence-corrected chi connectivity index (χ1v) is 7.81. The van der Waals surface area contributed by atoms with Crippen LogP contribution in [0.15, 0.2) is 18.3 Å². The van der Waals surface area contributed by atoms with Gasteiger partial charge in [0.05, 0.1) is 6.61 Å². The molecule has 3 heteroatoms. The summed E-state index contributed by atoms with van der Waals surface area (Å²) in [5.74, 6) is 0.922. The van der Waals surface area contributed by atoms with Gasteiger partial charge in [-0.25, -0.2) is 0 Å². The van der Waals surface area contributed by atoms with Crippen LogP contribution in [0.1, 0.15) is 51.1 Å². The number of aromatic nitrogens is 1. The Morgan fingerprint density at radius 2 is 1.90 bits per heavy atom. The minimum absolute atomic E-state index is 0.746. The molecule has 0 amide bonds. The Balaban J connectivity index is 2.09. The zero-order chi connectivity index (χ0) is 14.5. The van der Waals surface area contributed by atoms with E-state index in [0.717, 1.165) is 69.8 Å². The van der Waals surface area contributed by atoms with Crippen molar-refractivity contribution in [2.24, 2.45) is 0 Å². The summed E-state index contributed by atoms with van der Waals surface area (Å²) in [4.78, 5) is 4.34. The lowest BCUT2D eigenvalue weighted by molar-refractivity contribution is 0.123. The molecular formula is C17H28NO2. The van der Waals surface area contributed by atoms with Crippen LogP contribution in [-0.2, 0) is 11.2 Å². The van der Waals surface area contributed by atoms with Crippen LogP contribution in [0.3, 0.4) is 0 Å². The molecule has 0 aliphatic heterocycles. The summed E-state index contributed by atoms with van der Waals surface area (Å²) >= 11 is 0. The van der Waals surface area contributed by atoms with Crippen molar-refractivity contribution in [1.29, 1.82) is 0 Å². The monoisotopic (exact) mass is 278 g/mol. The maximum Gasteiger partial charge on any atom is 0.122 e. The van der Waals surface area contributed by atoms with E-state index in [1.54, 1.807) is 0 Å². The van der Waals surface area contributed by atoms with Gasteiger partial charge in [-0.05, 0) is 38.2 Å². The Labute approximate surface area is 123 Å². The predicted molar refractivity (Wildman–Crippen MR) is 83.0 cm³/mol. The van der Waals surface area contributed by atoms with Gasteiger partial charge in [0.15, 0.2) is 0 Å².